The second-order valence-electron chi connectivity index (χ2n) is 5.31. The van der Waals surface area contributed by atoms with Crippen LogP contribution in [0, 0.1) is 12.7 Å². The first-order chi connectivity index (χ1) is 9.90. The van der Waals surface area contributed by atoms with Gasteiger partial charge >= 0.3 is 0 Å². The van der Waals surface area contributed by atoms with E-state index in [2.05, 4.69) is 31.8 Å². The van der Waals surface area contributed by atoms with Crippen molar-refractivity contribution in [3.8, 4) is 0 Å². The third kappa shape index (κ3) is 3.45. The number of para-hydroxylation sites is 1. The van der Waals surface area contributed by atoms with Crippen molar-refractivity contribution in [3.63, 3.8) is 0 Å². The van der Waals surface area contributed by atoms with Crippen molar-refractivity contribution in [2.45, 2.75) is 31.6 Å². The highest BCUT2D eigenvalue weighted by Crippen LogP contribution is 2.28. The molecule has 2 rings (SSSR count). The van der Waals surface area contributed by atoms with E-state index >= 15 is 0 Å². The lowest BCUT2D eigenvalue weighted by atomic mass is 9.98. The number of carbonyl (C=O) groups is 1. The fourth-order valence-electron chi connectivity index (χ4n) is 2.18. The predicted octanol–water partition coefficient (Wildman–Crippen LogP) is 4.80. The van der Waals surface area contributed by atoms with Gasteiger partial charge in [0.1, 0.15) is 5.82 Å². The quantitative estimate of drug-likeness (QED) is 0.784. The van der Waals surface area contributed by atoms with E-state index in [4.69, 9.17) is 0 Å². The molecule has 0 spiro atoms. The monoisotopic (exact) mass is 303 g/mol. The van der Waals surface area contributed by atoms with Crippen LogP contribution in [0.25, 0.3) is 0 Å². The van der Waals surface area contributed by atoms with Gasteiger partial charge in [-0.15, -0.1) is 12.6 Å². The topological polar surface area (TPSA) is 29.1 Å². The van der Waals surface area contributed by atoms with Crippen LogP contribution in [0.15, 0.2) is 41.3 Å². The normalized spacial score (nSPS) is 10.8. The van der Waals surface area contributed by atoms with Gasteiger partial charge in [-0.3, -0.25) is 4.79 Å². The lowest BCUT2D eigenvalue weighted by Crippen LogP contribution is -2.15. The standard InChI is InChI=1S/C17H18FNOS/c1-10(2)13-6-4-5-11(3)16(13)19-17(20)12-7-8-14(18)15(21)9-12/h4-10,21H,1-3H3,(H,19,20). The minimum Gasteiger partial charge on any atom is -0.321 e. The van der Waals surface area contributed by atoms with Crippen LogP contribution in [0.5, 0.6) is 0 Å². The van der Waals surface area contributed by atoms with Crippen molar-refractivity contribution >= 4 is 24.2 Å². The Kier molecular flexibility index (Phi) is 4.68. The molecule has 1 N–H and O–H groups in total. The molecule has 0 aliphatic carbocycles. The first-order valence-electron chi connectivity index (χ1n) is 6.79. The molecule has 0 aromatic heterocycles. The number of aryl methyl sites for hydroxylation is 1. The number of amides is 1. The lowest BCUT2D eigenvalue weighted by molar-refractivity contribution is 0.102. The molecule has 110 valence electrons. The Balaban J connectivity index is 2.33. The maximum absolute atomic E-state index is 13.2. The molecule has 4 heteroatoms. The van der Waals surface area contributed by atoms with Crippen LogP contribution in [0.1, 0.15) is 41.3 Å². The van der Waals surface area contributed by atoms with Crippen LogP contribution < -0.4 is 5.32 Å². The molecular weight excluding hydrogens is 285 g/mol. The van der Waals surface area contributed by atoms with E-state index in [1.54, 1.807) is 0 Å². The molecule has 2 nitrogen and oxygen atoms in total. The molecular formula is C17H18FNOS. The van der Waals surface area contributed by atoms with Gasteiger partial charge in [0.05, 0.1) is 0 Å². The number of hydrogen-bond acceptors (Lipinski definition) is 2. The summed E-state index contributed by atoms with van der Waals surface area (Å²) in [7, 11) is 0. The van der Waals surface area contributed by atoms with Gasteiger partial charge in [0.15, 0.2) is 0 Å². The molecule has 1 amide bonds. The molecule has 0 bridgehead atoms. The number of nitrogens with one attached hydrogen (secondary N) is 1. The maximum Gasteiger partial charge on any atom is 0.255 e. The van der Waals surface area contributed by atoms with E-state index in [1.807, 2.05) is 25.1 Å². The SMILES string of the molecule is Cc1cccc(C(C)C)c1NC(=O)c1ccc(F)c(S)c1. The second-order valence-corrected chi connectivity index (χ2v) is 5.80. The zero-order valence-corrected chi connectivity index (χ0v) is 13.2. The van der Waals surface area contributed by atoms with Gasteiger partial charge in [-0.05, 0) is 42.2 Å². The Hall–Kier alpha value is -1.81. The first-order valence-corrected chi connectivity index (χ1v) is 7.24. The smallest absolute Gasteiger partial charge is 0.255 e. The molecule has 2 aromatic carbocycles. The van der Waals surface area contributed by atoms with Crippen LogP contribution in [-0.2, 0) is 0 Å². The minimum atomic E-state index is -0.436. The van der Waals surface area contributed by atoms with Crippen molar-refractivity contribution in [2.75, 3.05) is 5.32 Å². The van der Waals surface area contributed by atoms with Crippen molar-refractivity contribution in [3.05, 3.63) is 58.9 Å². The summed E-state index contributed by atoms with van der Waals surface area (Å²) in [5.41, 5.74) is 3.29. The minimum absolute atomic E-state index is 0.163. The molecule has 0 saturated heterocycles. The van der Waals surface area contributed by atoms with E-state index in [0.717, 1.165) is 16.8 Å². The van der Waals surface area contributed by atoms with Crippen molar-refractivity contribution in [1.82, 2.24) is 0 Å². The van der Waals surface area contributed by atoms with Crippen LogP contribution in [-0.4, -0.2) is 5.91 Å². The first kappa shape index (κ1) is 15.6. The summed E-state index contributed by atoms with van der Waals surface area (Å²) < 4.78 is 13.2. The van der Waals surface area contributed by atoms with Crippen LogP contribution in [0.4, 0.5) is 10.1 Å². The molecule has 0 aliphatic heterocycles. The van der Waals surface area contributed by atoms with E-state index in [9.17, 15) is 9.18 Å². The Morgan fingerprint density at radius 3 is 2.57 bits per heavy atom. The Bertz CT molecular complexity index is 682. The summed E-state index contributed by atoms with van der Waals surface area (Å²) in [6.45, 7) is 6.11. The van der Waals surface area contributed by atoms with Gasteiger partial charge in [-0.25, -0.2) is 4.39 Å². The number of halogens is 1. The molecule has 2 aromatic rings. The molecule has 0 saturated carbocycles. The summed E-state index contributed by atoms with van der Waals surface area (Å²) in [5.74, 6) is -0.399. The molecule has 0 fully saturated rings. The number of carbonyl (C=O) groups excluding carboxylic acids is 1. The number of rotatable bonds is 3. The summed E-state index contributed by atoms with van der Waals surface area (Å²) in [6.07, 6.45) is 0. The highest BCUT2D eigenvalue weighted by atomic mass is 32.1. The molecule has 0 atom stereocenters. The van der Waals surface area contributed by atoms with E-state index in [0.29, 0.717) is 11.5 Å². The van der Waals surface area contributed by atoms with Crippen molar-refractivity contribution in [2.24, 2.45) is 0 Å². The molecule has 0 heterocycles. The van der Waals surface area contributed by atoms with Gasteiger partial charge in [-0.1, -0.05) is 32.0 Å². The molecule has 0 unspecified atom stereocenters. The third-order valence-corrected chi connectivity index (χ3v) is 3.72. The Morgan fingerprint density at radius 2 is 1.95 bits per heavy atom. The summed E-state index contributed by atoms with van der Waals surface area (Å²) >= 11 is 4.01. The molecule has 0 aliphatic rings. The van der Waals surface area contributed by atoms with E-state index in [-0.39, 0.29) is 10.8 Å². The largest absolute Gasteiger partial charge is 0.321 e. The van der Waals surface area contributed by atoms with Crippen LogP contribution in [0.3, 0.4) is 0 Å². The van der Waals surface area contributed by atoms with Gasteiger partial charge in [0, 0.05) is 16.1 Å². The van der Waals surface area contributed by atoms with Gasteiger partial charge in [-0.2, -0.15) is 0 Å². The number of thiol groups is 1. The van der Waals surface area contributed by atoms with Crippen LogP contribution >= 0.6 is 12.6 Å². The predicted molar refractivity (Wildman–Crippen MR) is 86.9 cm³/mol. The lowest BCUT2D eigenvalue weighted by Gasteiger charge is -2.16. The average Bonchev–Trinajstić information content (AvgIpc) is 2.43. The highest BCUT2D eigenvalue weighted by Gasteiger charge is 2.14. The van der Waals surface area contributed by atoms with E-state index < -0.39 is 5.82 Å². The van der Waals surface area contributed by atoms with Gasteiger partial charge in [0.2, 0.25) is 0 Å². The van der Waals surface area contributed by atoms with Crippen molar-refractivity contribution < 1.29 is 9.18 Å². The number of benzene rings is 2. The highest BCUT2D eigenvalue weighted by molar-refractivity contribution is 7.80. The Morgan fingerprint density at radius 1 is 1.24 bits per heavy atom. The third-order valence-electron chi connectivity index (χ3n) is 3.37. The summed E-state index contributed by atoms with van der Waals surface area (Å²) in [5, 5.41) is 2.93. The zero-order chi connectivity index (χ0) is 15.6. The summed E-state index contributed by atoms with van der Waals surface area (Å²) in [4.78, 5) is 12.5. The molecule has 21 heavy (non-hydrogen) atoms. The maximum atomic E-state index is 13.2. The van der Waals surface area contributed by atoms with E-state index in [1.165, 1.54) is 18.2 Å². The molecule has 0 radical (unpaired) electrons. The number of anilines is 1. The Labute approximate surface area is 129 Å². The van der Waals surface area contributed by atoms with Crippen molar-refractivity contribution in [1.29, 1.82) is 0 Å². The van der Waals surface area contributed by atoms with Gasteiger partial charge in [0.25, 0.3) is 5.91 Å². The number of hydrogen-bond donors (Lipinski definition) is 2. The summed E-state index contributed by atoms with van der Waals surface area (Å²) in [6, 6.07) is 10.1. The average molecular weight is 303 g/mol. The fraction of sp³-hybridized carbons (Fsp3) is 0.235. The zero-order valence-electron chi connectivity index (χ0n) is 12.3. The second kappa shape index (κ2) is 6.31. The van der Waals surface area contributed by atoms with Crippen LogP contribution in [0.2, 0.25) is 0 Å². The fourth-order valence-corrected chi connectivity index (χ4v) is 2.40. The van der Waals surface area contributed by atoms with Gasteiger partial charge < -0.3 is 5.32 Å².